The molecule has 0 heterocycles. The van der Waals surface area contributed by atoms with Gasteiger partial charge in [0.05, 0.1) is 5.75 Å². The third kappa shape index (κ3) is 8.07. The molecule has 0 rings (SSSR count). The first-order chi connectivity index (χ1) is 7.05. The smallest absolute Gasteiger partial charge is 0.150 e. The number of thioether (sulfide) groups is 1. The Morgan fingerprint density at radius 3 is 2.53 bits per heavy atom. The Morgan fingerprint density at radius 2 is 2.07 bits per heavy atom. The molecular weight excluding hydrogens is 232 g/mol. The number of hydrazine groups is 1. The number of rotatable bonds is 9. The van der Waals surface area contributed by atoms with Gasteiger partial charge < -0.3 is 0 Å². The van der Waals surface area contributed by atoms with Crippen LogP contribution in [-0.4, -0.2) is 37.5 Å². The van der Waals surface area contributed by atoms with Crippen molar-refractivity contribution in [2.75, 3.05) is 23.0 Å². The summed E-state index contributed by atoms with van der Waals surface area (Å²) in [4.78, 5) is 0. The van der Waals surface area contributed by atoms with Crippen molar-refractivity contribution in [3.8, 4) is 0 Å². The Bertz CT molecular complexity index is 242. The highest BCUT2D eigenvalue weighted by Gasteiger charge is 2.10. The van der Waals surface area contributed by atoms with Crippen molar-refractivity contribution in [1.29, 1.82) is 0 Å². The van der Waals surface area contributed by atoms with E-state index in [0.717, 1.165) is 17.9 Å². The van der Waals surface area contributed by atoms with Crippen LogP contribution < -0.4 is 11.3 Å². The molecule has 0 saturated carbocycles. The van der Waals surface area contributed by atoms with Gasteiger partial charge in [-0.05, 0) is 18.6 Å². The highest BCUT2D eigenvalue weighted by atomic mass is 32.2. The van der Waals surface area contributed by atoms with Gasteiger partial charge in [0.25, 0.3) is 0 Å². The summed E-state index contributed by atoms with van der Waals surface area (Å²) in [6.07, 6.45) is 1.51. The van der Waals surface area contributed by atoms with Crippen molar-refractivity contribution >= 4 is 21.6 Å². The van der Waals surface area contributed by atoms with E-state index in [4.69, 9.17) is 5.84 Å². The molecule has 0 bridgehead atoms. The molecule has 0 saturated heterocycles. The first-order valence-electron chi connectivity index (χ1n) is 5.30. The number of nitrogens with one attached hydrogen (secondary N) is 1. The van der Waals surface area contributed by atoms with E-state index < -0.39 is 9.84 Å². The van der Waals surface area contributed by atoms with Gasteiger partial charge in [-0.3, -0.25) is 11.3 Å². The van der Waals surface area contributed by atoms with Gasteiger partial charge in [-0.2, -0.15) is 11.8 Å². The van der Waals surface area contributed by atoms with Crippen LogP contribution in [0.25, 0.3) is 0 Å². The second kappa shape index (κ2) is 8.38. The zero-order valence-corrected chi connectivity index (χ0v) is 11.2. The van der Waals surface area contributed by atoms with E-state index in [1.165, 1.54) is 0 Å². The highest BCUT2D eigenvalue weighted by Crippen LogP contribution is 2.07. The van der Waals surface area contributed by atoms with Crippen LogP contribution in [0.15, 0.2) is 0 Å². The Labute approximate surface area is 97.3 Å². The number of hydrogen-bond acceptors (Lipinski definition) is 5. The van der Waals surface area contributed by atoms with Crippen LogP contribution in [0, 0.1) is 0 Å². The van der Waals surface area contributed by atoms with Crippen molar-refractivity contribution < 1.29 is 8.42 Å². The maximum absolute atomic E-state index is 11.2. The molecule has 0 aliphatic carbocycles. The SMILES string of the molecule is CCSCC(CCCS(=O)(=O)CC)NN. The second-order valence-corrected chi connectivity index (χ2v) is 7.19. The second-order valence-electron chi connectivity index (χ2n) is 3.40. The quantitative estimate of drug-likeness (QED) is 0.470. The summed E-state index contributed by atoms with van der Waals surface area (Å²) in [6.45, 7) is 3.78. The Balaban J connectivity index is 3.72. The molecular formula is C9H22N2O2S2. The lowest BCUT2D eigenvalue weighted by atomic mass is 10.2. The van der Waals surface area contributed by atoms with E-state index >= 15 is 0 Å². The summed E-state index contributed by atoms with van der Waals surface area (Å²) in [6, 6.07) is 0.224. The lowest BCUT2D eigenvalue weighted by Crippen LogP contribution is -2.37. The fourth-order valence-corrected chi connectivity index (χ4v) is 2.85. The minimum Gasteiger partial charge on any atom is -0.271 e. The molecule has 0 aromatic heterocycles. The average Bonchev–Trinajstić information content (AvgIpc) is 2.23. The Hall–Kier alpha value is 0.220. The van der Waals surface area contributed by atoms with E-state index in [9.17, 15) is 8.42 Å². The van der Waals surface area contributed by atoms with Crippen molar-refractivity contribution in [2.24, 2.45) is 5.84 Å². The predicted octanol–water partition coefficient (Wildman–Crippen LogP) is 0.786. The van der Waals surface area contributed by atoms with Crippen LogP contribution in [0.4, 0.5) is 0 Å². The minimum absolute atomic E-state index is 0.224. The maximum atomic E-state index is 11.2. The molecule has 1 atom stereocenters. The first kappa shape index (κ1) is 15.2. The van der Waals surface area contributed by atoms with Crippen molar-refractivity contribution in [3.05, 3.63) is 0 Å². The van der Waals surface area contributed by atoms with E-state index in [2.05, 4.69) is 12.3 Å². The molecule has 15 heavy (non-hydrogen) atoms. The van der Waals surface area contributed by atoms with Gasteiger partial charge in [0.2, 0.25) is 0 Å². The molecule has 0 aromatic carbocycles. The van der Waals surface area contributed by atoms with E-state index in [-0.39, 0.29) is 17.5 Å². The summed E-state index contributed by atoms with van der Waals surface area (Å²) in [5, 5.41) is 0. The Kier molecular flexibility index (Phi) is 8.50. The van der Waals surface area contributed by atoms with Crippen LogP contribution in [0.2, 0.25) is 0 Å². The zero-order valence-electron chi connectivity index (χ0n) is 9.53. The highest BCUT2D eigenvalue weighted by molar-refractivity contribution is 7.99. The molecule has 0 spiro atoms. The van der Waals surface area contributed by atoms with Crippen molar-refractivity contribution in [3.63, 3.8) is 0 Å². The minimum atomic E-state index is -2.82. The van der Waals surface area contributed by atoms with E-state index in [0.29, 0.717) is 6.42 Å². The van der Waals surface area contributed by atoms with Gasteiger partial charge in [-0.15, -0.1) is 0 Å². The largest absolute Gasteiger partial charge is 0.271 e. The van der Waals surface area contributed by atoms with Crippen molar-refractivity contribution in [2.45, 2.75) is 32.7 Å². The number of nitrogens with two attached hydrogens (primary N) is 1. The summed E-state index contributed by atoms with van der Waals surface area (Å²) in [5.74, 6) is 7.90. The molecule has 1 unspecified atom stereocenters. The maximum Gasteiger partial charge on any atom is 0.150 e. The van der Waals surface area contributed by atoms with Crippen LogP contribution >= 0.6 is 11.8 Å². The van der Waals surface area contributed by atoms with Crippen LogP contribution in [0.3, 0.4) is 0 Å². The van der Waals surface area contributed by atoms with Gasteiger partial charge >= 0.3 is 0 Å². The fraction of sp³-hybridized carbons (Fsp3) is 1.00. The van der Waals surface area contributed by atoms with Gasteiger partial charge in [-0.1, -0.05) is 13.8 Å². The van der Waals surface area contributed by atoms with E-state index in [1.54, 1.807) is 6.92 Å². The molecule has 0 aliphatic heterocycles. The van der Waals surface area contributed by atoms with Gasteiger partial charge in [-0.25, -0.2) is 8.42 Å². The standard InChI is InChI=1S/C9H22N2O2S2/c1-3-14-8-9(11-10)6-5-7-15(12,13)4-2/h9,11H,3-8,10H2,1-2H3. The van der Waals surface area contributed by atoms with Gasteiger partial charge in [0, 0.05) is 17.5 Å². The third-order valence-electron chi connectivity index (χ3n) is 2.21. The molecule has 3 N–H and O–H groups in total. The molecule has 0 radical (unpaired) electrons. The van der Waals surface area contributed by atoms with Crippen molar-refractivity contribution in [1.82, 2.24) is 5.43 Å². The Morgan fingerprint density at radius 1 is 1.40 bits per heavy atom. The van der Waals surface area contributed by atoms with E-state index in [1.807, 2.05) is 11.8 Å². The first-order valence-corrected chi connectivity index (χ1v) is 8.27. The zero-order chi connectivity index (χ0) is 11.7. The predicted molar refractivity (Wildman–Crippen MR) is 67.7 cm³/mol. The lowest BCUT2D eigenvalue weighted by molar-refractivity contribution is 0.528. The summed E-state index contributed by atoms with van der Waals surface area (Å²) >= 11 is 1.81. The summed E-state index contributed by atoms with van der Waals surface area (Å²) < 4.78 is 22.5. The molecule has 92 valence electrons. The third-order valence-corrected chi connectivity index (χ3v) is 5.04. The molecule has 4 nitrogen and oxygen atoms in total. The average molecular weight is 254 g/mol. The number of sulfone groups is 1. The van der Waals surface area contributed by atoms with Crippen LogP contribution in [0.5, 0.6) is 0 Å². The molecule has 0 aromatic rings. The summed E-state index contributed by atoms with van der Waals surface area (Å²) in [5.41, 5.74) is 2.73. The molecule has 0 aliphatic rings. The molecule has 0 amide bonds. The topological polar surface area (TPSA) is 72.2 Å². The normalized spacial score (nSPS) is 14.1. The fourth-order valence-electron chi connectivity index (χ4n) is 1.17. The molecule has 6 heteroatoms. The monoisotopic (exact) mass is 254 g/mol. The number of hydrogen-bond donors (Lipinski definition) is 2. The summed E-state index contributed by atoms with van der Waals surface area (Å²) in [7, 11) is -2.82. The molecule has 0 fully saturated rings. The van der Waals surface area contributed by atoms with Gasteiger partial charge in [0.15, 0.2) is 0 Å². The lowest BCUT2D eigenvalue weighted by Gasteiger charge is -2.14. The van der Waals surface area contributed by atoms with Gasteiger partial charge in [0.1, 0.15) is 9.84 Å². The van der Waals surface area contributed by atoms with Crippen LogP contribution in [-0.2, 0) is 9.84 Å². The van der Waals surface area contributed by atoms with Crippen LogP contribution in [0.1, 0.15) is 26.7 Å².